The standard InChI is InChI=1S/C12H23N3OS/c1-11-9-15(7-8-17-11)12(16)10-14-5-2-3-13-4-6-14/h11,13H,2-10H2,1H3. The Hall–Kier alpha value is -0.260. The number of rotatable bonds is 2. The van der Waals surface area contributed by atoms with Crippen molar-refractivity contribution in [2.45, 2.75) is 18.6 Å². The largest absolute Gasteiger partial charge is 0.340 e. The summed E-state index contributed by atoms with van der Waals surface area (Å²) in [6.07, 6.45) is 1.15. The van der Waals surface area contributed by atoms with Crippen LogP contribution >= 0.6 is 11.8 Å². The van der Waals surface area contributed by atoms with E-state index in [1.807, 2.05) is 16.7 Å². The van der Waals surface area contributed by atoms with Gasteiger partial charge in [-0.1, -0.05) is 6.92 Å². The third-order valence-corrected chi connectivity index (χ3v) is 4.52. The Kier molecular flexibility index (Phi) is 5.13. The fourth-order valence-electron chi connectivity index (χ4n) is 2.40. The minimum Gasteiger partial charge on any atom is -0.340 e. The number of hydrogen-bond acceptors (Lipinski definition) is 4. The van der Waals surface area contributed by atoms with E-state index in [1.54, 1.807) is 0 Å². The molecule has 1 amide bonds. The number of nitrogens with one attached hydrogen (secondary N) is 1. The first kappa shape index (κ1) is 13.2. The fraction of sp³-hybridized carbons (Fsp3) is 0.917. The average molecular weight is 257 g/mol. The molecule has 0 aromatic carbocycles. The Morgan fingerprint density at radius 2 is 2.24 bits per heavy atom. The molecule has 2 fully saturated rings. The maximum absolute atomic E-state index is 12.2. The van der Waals surface area contributed by atoms with E-state index in [9.17, 15) is 4.79 Å². The second-order valence-corrected chi connectivity index (χ2v) is 6.45. The van der Waals surface area contributed by atoms with Crippen LogP contribution in [-0.4, -0.2) is 72.5 Å². The third kappa shape index (κ3) is 4.16. The molecule has 0 saturated carbocycles. The number of carbonyl (C=O) groups is 1. The number of amides is 1. The molecule has 17 heavy (non-hydrogen) atoms. The Morgan fingerprint density at radius 3 is 3.06 bits per heavy atom. The zero-order valence-corrected chi connectivity index (χ0v) is 11.5. The van der Waals surface area contributed by atoms with Gasteiger partial charge in [-0.2, -0.15) is 11.8 Å². The van der Waals surface area contributed by atoms with Crippen LogP contribution in [0.4, 0.5) is 0 Å². The molecule has 2 aliphatic rings. The molecule has 0 radical (unpaired) electrons. The summed E-state index contributed by atoms with van der Waals surface area (Å²) >= 11 is 1.97. The van der Waals surface area contributed by atoms with Crippen molar-refractivity contribution in [3.63, 3.8) is 0 Å². The van der Waals surface area contributed by atoms with Gasteiger partial charge in [0, 0.05) is 37.2 Å². The van der Waals surface area contributed by atoms with Crippen molar-refractivity contribution in [1.29, 1.82) is 0 Å². The minimum atomic E-state index is 0.319. The zero-order chi connectivity index (χ0) is 12.1. The van der Waals surface area contributed by atoms with Crippen molar-refractivity contribution in [1.82, 2.24) is 15.1 Å². The van der Waals surface area contributed by atoms with Crippen molar-refractivity contribution < 1.29 is 4.79 Å². The lowest BCUT2D eigenvalue weighted by atomic mass is 10.3. The maximum atomic E-state index is 12.2. The molecule has 0 aromatic rings. The van der Waals surface area contributed by atoms with Gasteiger partial charge in [0.25, 0.3) is 0 Å². The SMILES string of the molecule is CC1CN(C(=O)CN2CCCNCC2)CCS1. The molecular weight excluding hydrogens is 234 g/mol. The van der Waals surface area contributed by atoms with Crippen LogP contribution in [0.1, 0.15) is 13.3 Å². The maximum Gasteiger partial charge on any atom is 0.236 e. The van der Waals surface area contributed by atoms with Crippen molar-refractivity contribution >= 4 is 17.7 Å². The van der Waals surface area contributed by atoms with Crippen molar-refractivity contribution in [3.05, 3.63) is 0 Å². The third-order valence-electron chi connectivity index (χ3n) is 3.39. The molecule has 0 bridgehead atoms. The van der Waals surface area contributed by atoms with E-state index in [2.05, 4.69) is 17.1 Å². The van der Waals surface area contributed by atoms with E-state index in [-0.39, 0.29) is 0 Å². The average Bonchev–Trinajstić information content (AvgIpc) is 2.57. The molecular formula is C12H23N3OS. The van der Waals surface area contributed by atoms with Gasteiger partial charge in [-0.15, -0.1) is 0 Å². The summed E-state index contributed by atoms with van der Waals surface area (Å²) in [5.41, 5.74) is 0. The highest BCUT2D eigenvalue weighted by Crippen LogP contribution is 2.17. The first-order chi connectivity index (χ1) is 8.25. The van der Waals surface area contributed by atoms with Gasteiger partial charge in [0.1, 0.15) is 0 Å². The normalized spacial score (nSPS) is 27.8. The lowest BCUT2D eigenvalue weighted by molar-refractivity contribution is -0.132. The molecule has 0 aromatic heterocycles. The second kappa shape index (κ2) is 6.61. The Bertz CT molecular complexity index is 254. The van der Waals surface area contributed by atoms with E-state index >= 15 is 0 Å². The lowest BCUT2D eigenvalue weighted by Crippen LogP contribution is -2.46. The van der Waals surface area contributed by atoms with Crippen LogP contribution in [0.2, 0.25) is 0 Å². The van der Waals surface area contributed by atoms with Gasteiger partial charge in [0.05, 0.1) is 6.54 Å². The smallest absolute Gasteiger partial charge is 0.236 e. The molecule has 0 aliphatic carbocycles. The number of nitrogens with zero attached hydrogens (tertiary/aromatic N) is 2. The minimum absolute atomic E-state index is 0.319. The topological polar surface area (TPSA) is 35.6 Å². The fourth-order valence-corrected chi connectivity index (χ4v) is 3.41. The number of carbonyl (C=O) groups excluding carboxylic acids is 1. The molecule has 1 atom stereocenters. The van der Waals surface area contributed by atoms with Gasteiger partial charge < -0.3 is 10.2 Å². The quantitative estimate of drug-likeness (QED) is 0.769. The van der Waals surface area contributed by atoms with Crippen LogP contribution in [0.15, 0.2) is 0 Å². The predicted octanol–water partition coefficient (Wildman–Crippen LogP) is 0.246. The van der Waals surface area contributed by atoms with Gasteiger partial charge in [-0.25, -0.2) is 0 Å². The predicted molar refractivity (Wildman–Crippen MR) is 72.4 cm³/mol. The summed E-state index contributed by atoms with van der Waals surface area (Å²) in [6.45, 7) is 8.83. The molecule has 0 spiro atoms. The molecule has 4 nitrogen and oxygen atoms in total. The van der Waals surface area contributed by atoms with E-state index in [1.165, 1.54) is 0 Å². The molecule has 2 rings (SSSR count). The van der Waals surface area contributed by atoms with Crippen LogP contribution in [0.3, 0.4) is 0 Å². The van der Waals surface area contributed by atoms with E-state index in [0.29, 0.717) is 17.7 Å². The van der Waals surface area contributed by atoms with Crippen LogP contribution in [0.5, 0.6) is 0 Å². The second-order valence-electron chi connectivity index (χ2n) is 4.90. The summed E-state index contributed by atoms with van der Waals surface area (Å²) in [6, 6.07) is 0. The van der Waals surface area contributed by atoms with Crippen LogP contribution in [0, 0.1) is 0 Å². The summed E-state index contributed by atoms with van der Waals surface area (Å²) in [4.78, 5) is 16.5. The number of thioether (sulfide) groups is 1. The highest BCUT2D eigenvalue weighted by atomic mass is 32.2. The van der Waals surface area contributed by atoms with E-state index in [4.69, 9.17) is 0 Å². The van der Waals surface area contributed by atoms with Crippen LogP contribution < -0.4 is 5.32 Å². The summed E-state index contributed by atoms with van der Waals surface area (Å²) < 4.78 is 0. The molecule has 2 aliphatic heterocycles. The van der Waals surface area contributed by atoms with Crippen LogP contribution in [0.25, 0.3) is 0 Å². The first-order valence-electron chi connectivity index (χ1n) is 6.58. The van der Waals surface area contributed by atoms with Gasteiger partial charge in [-0.05, 0) is 19.5 Å². The highest BCUT2D eigenvalue weighted by Gasteiger charge is 2.23. The molecule has 1 N–H and O–H groups in total. The molecule has 2 saturated heterocycles. The summed E-state index contributed by atoms with van der Waals surface area (Å²) in [5.74, 6) is 1.41. The monoisotopic (exact) mass is 257 g/mol. The molecule has 1 unspecified atom stereocenters. The van der Waals surface area contributed by atoms with Gasteiger partial charge >= 0.3 is 0 Å². The highest BCUT2D eigenvalue weighted by molar-refractivity contribution is 7.99. The van der Waals surface area contributed by atoms with E-state index in [0.717, 1.165) is 51.4 Å². The summed E-state index contributed by atoms with van der Waals surface area (Å²) in [5, 5.41) is 3.96. The number of hydrogen-bond donors (Lipinski definition) is 1. The van der Waals surface area contributed by atoms with Gasteiger partial charge in [-0.3, -0.25) is 9.69 Å². The Balaban J connectivity index is 1.78. The van der Waals surface area contributed by atoms with Crippen molar-refractivity contribution in [2.24, 2.45) is 0 Å². The summed E-state index contributed by atoms with van der Waals surface area (Å²) in [7, 11) is 0. The van der Waals surface area contributed by atoms with Gasteiger partial charge in [0.2, 0.25) is 5.91 Å². The Labute approximate surface area is 108 Å². The molecule has 5 heteroatoms. The van der Waals surface area contributed by atoms with E-state index < -0.39 is 0 Å². The molecule has 98 valence electrons. The lowest BCUT2D eigenvalue weighted by Gasteiger charge is -2.32. The zero-order valence-electron chi connectivity index (χ0n) is 10.7. The Morgan fingerprint density at radius 1 is 1.35 bits per heavy atom. The van der Waals surface area contributed by atoms with Crippen LogP contribution in [-0.2, 0) is 4.79 Å². The molecule has 2 heterocycles. The van der Waals surface area contributed by atoms with Crippen molar-refractivity contribution in [2.75, 3.05) is 51.6 Å². The first-order valence-corrected chi connectivity index (χ1v) is 7.63. The van der Waals surface area contributed by atoms with Crippen molar-refractivity contribution in [3.8, 4) is 0 Å². The van der Waals surface area contributed by atoms with Gasteiger partial charge in [0.15, 0.2) is 0 Å².